The molecule has 2 rings (SSSR count). The lowest BCUT2D eigenvalue weighted by Crippen LogP contribution is -2.51. The van der Waals surface area contributed by atoms with E-state index in [1.165, 1.54) is 0 Å². The molecule has 1 atom stereocenters. The Labute approximate surface area is 101 Å². The Balaban J connectivity index is 1.98. The second kappa shape index (κ2) is 5.19. The second-order valence-corrected chi connectivity index (χ2v) is 4.36. The van der Waals surface area contributed by atoms with Crippen LogP contribution >= 0.6 is 0 Å². The minimum absolute atomic E-state index is 0.0122. The number of hydrogen-bond donors (Lipinski definition) is 2. The zero-order valence-electron chi connectivity index (χ0n) is 10.2. The number of hydrogen-bond acceptors (Lipinski definition) is 3. The van der Waals surface area contributed by atoms with Crippen LogP contribution in [0.3, 0.4) is 0 Å². The van der Waals surface area contributed by atoms with E-state index in [-0.39, 0.29) is 17.9 Å². The number of carbonyl (C=O) groups excluding carboxylic acids is 1. The highest BCUT2D eigenvalue weighted by molar-refractivity contribution is 5.80. The van der Waals surface area contributed by atoms with Crippen LogP contribution in [0.5, 0.6) is 5.75 Å². The van der Waals surface area contributed by atoms with Crippen molar-refractivity contribution in [3.63, 3.8) is 0 Å². The van der Waals surface area contributed by atoms with Crippen molar-refractivity contribution < 1.29 is 9.53 Å². The van der Waals surface area contributed by atoms with Gasteiger partial charge in [0.2, 0.25) is 5.91 Å². The van der Waals surface area contributed by atoms with Crippen molar-refractivity contribution >= 4 is 5.91 Å². The van der Waals surface area contributed by atoms with Crippen LogP contribution in [0.15, 0.2) is 24.3 Å². The van der Waals surface area contributed by atoms with Crippen molar-refractivity contribution in [3.8, 4) is 5.75 Å². The predicted octanol–water partition coefficient (Wildman–Crippen LogP) is 1.09. The number of methoxy groups -OCH3 is 1. The number of carbonyl (C=O) groups is 1. The molecule has 1 aliphatic heterocycles. The molecule has 1 aromatic rings. The van der Waals surface area contributed by atoms with Crippen molar-refractivity contribution in [1.82, 2.24) is 10.6 Å². The fourth-order valence-electron chi connectivity index (χ4n) is 1.80. The van der Waals surface area contributed by atoms with E-state index in [9.17, 15) is 4.79 Å². The molecule has 17 heavy (non-hydrogen) atoms. The normalized spacial score (nSPS) is 17.1. The van der Waals surface area contributed by atoms with Crippen molar-refractivity contribution in [2.75, 3.05) is 20.2 Å². The molecule has 1 aliphatic rings. The summed E-state index contributed by atoms with van der Waals surface area (Å²) in [5, 5.41) is 6.11. The Morgan fingerprint density at radius 3 is 2.88 bits per heavy atom. The van der Waals surface area contributed by atoms with Gasteiger partial charge in [0.05, 0.1) is 19.1 Å². The van der Waals surface area contributed by atoms with Gasteiger partial charge >= 0.3 is 0 Å². The molecular weight excluding hydrogens is 216 g/mol. The maximum atomic E-state index is 11.8. The molecule has 0 aromatic heterocycles. The van der Waals surface area contributed by atoms with Gasteiger partial charge in [0.25, 0.3) is 0 Å². The Morgan fingerprint density at radius 1 is 1.53 bits per heavy atom. The van der Waals surface area contributed by atoms with E-state index in [4.69, 9.17) is 4.74 Å². The molecule has 1 aromatic carbocycles. The van der Waals surface area contributed by atoms with Gasteiger partial charge in [-0.1, -0.05) is 12.1 Å². The molecule has 1 saturated heterocycles. The van der Waals surface area contributed by atoms with Gasteiger partial charge in [0, 0.05) is 13.1 Å². The first-order chi connectivity index (χ1) is 8.20. The molecule has 1 heterocycles. The SMILES string of the molecule is COc1cccc(C(C)NC(=O)C2CNC2)c1. The fraction of sp³-hybridized carbons (Fsp3) is 0.462. The monoisotopic (exact) mass is 234 g/mol. The van der Waals surface area contributed by atoms with E-state index < -0.39 is 0 Å². The summed E-state index contributed by atoms with van der Waals surface area (Å²) in [4.78, 5) is 11.8. The second-order valence-electron chi connectivity index (χ2n) is 4.36. The molecule has 1 fully saturated rings. The van der Waals surface area contributed by atoms with Gasteiger partial charge < -0.3 is 15.4 Å². The van der Waals surface area contributed by atoms with Crippen LogP contribution in [0.4, 0.5) is 0 Å². The Kier molecular flexibility index (Phi) is 3.64. The molecular formula is C13H18N2O2. The van der Waals surface area contributed by atoms with Gasteiger partial charge in [0.1, 0.15) is 5.75 Å². The molecule has 0 aliphatic carbocycles. The van der Waals surface area contributed by atoms with Crippen LogP contribution in [0.2, 0.25) is 0 Å². The van der Waals surface area contributed by atoms with Crippen LogP contribution in [0.25, 0.3) is 0 Å². The Morgan fingerprint density at radius 2 is 2.29 bits per heavy atom. The zero-order chi connectivity index (χ0) is 12.3. The molecule has 1 unspecified atom stereocenters. The molecule has 0 radical (unpaired) electrons. The van der Waals surface area contributed by atoms with E-state index in [0.717, 1.165) is 24.4 Å². The molecule has 1 amide bonds. The summed E-state index contributed by atoms with van der Waals surface area (Å²) in [5.74, 6) is 1.07. The summed E-state index contributed by atoms with van der Waals surface area (Å²) in [6, 6.07) is 7.78. The lowest BCUT2D eigenvalue weighted by Gasteiger charge is -2.27. The number of nitrogens with one attached hydrogen (secondary N) is 2. The van der Waals surface area contributed by atoms with E-state index in [2.05, 4.69) is 10.6 Å². The average molecular weight is 234 g/mol. The molecule has 0 bridgehead atoms. The van der Waals surface area contributed by atoms with Crippen LogP contribution < -0.4 is 15.4 Å². The summed E-state index contributed by atoms with van der Waals surface area (Å²) in [5.41, 5.74) is 1.06. The number of amides is 1. The van der Waals surface area contributed by atoms with Gasteiger partial charge in [-0.05, 0) is 24.6 Å². The minimum Gasteiger partial charge on any atom is -0.497 e. The third kappa shape index (κ3) is 2.77. The number of benzene rings is 1. The third-order valence-electron chi connectivity index (χ3n) is 3.10. The standard InChI is InChI=1S/C13H18N2O2/c1-9(15-13(16)11-7-14-8-11)10-4-3-5-12(6-10)17-2/h3-6,9,11,14H,7-8H2,1-2H3,(H,15,16). The van der Waals surface area contributed by atoms with Crippen LogP contribution in [-0.4, -0.2) is 26.1 Å². The first-order valence-electron chi connectivity index (χ1n) is 5.85. The summed E-state index contributed by atoms with van der Waals surface area (Å²) >= 11 is 0. The largest absolute Gasteiger partial charge is 0.497 e. The highest BCUT2D eigenvalue weighted by atomic mass is 16.5. The van der Waals surface area contributed by atoms with Crippen LogP contribution in [-0.2, 0) is 4.79 Å². The maximum absolute atomic E-state index is 11.8. The summed E-state index contributed by atoms with van der Waals surface area (Å²) in [6.07, 6.45) is 0. The zero-order valence-corrected chi connectivity index (χ0v) is 10.2. The summed E-state index contributed by atoms with van der Waals surface area (Å²) < 4.78 is 5.17. The van der Waals surface area contributed by atoms with Gasteiger partial charge in [-0.2, -0.15) is 0 Å². The average Bonchev–Trinajstić information content (AvgIpc) is 2.26. The molecule has 0 spiro atoms. The van der Waals surface area contributed by atoms with Crippen LogP contribution in [0.1, 0.15) is 18.5 Å². The minimum atomic E-state index is 0.0122. The Hall–Kier alpha value is -1.55. The molecule has 4 heteroatoms. The maximum Gasteiger partial charge on any atom is 0.226 e. The quantitative estimate of drug-likeness (QED) is 0.820. The van der Waals surface area contributed by atoms with Crippen LogP contribution in [0, 0.1) is 5.92 Å². The van der Waals surface area contributed by atoms with Gasteiger partial charge in [0.15, 0.2) is 0 Å². The fourth-order valence-corrected chi connectivity index (χ4v) is 1.80. The molecule has 4 nitrogen and oxygen atoms in total. The van der Waals surface area contributed by atoms with E-state index in [1.807, 2.05) is 31.2 Å². The van der Waals surface area contributed by atoms with E-state index in [0.29, 0.717) is 0 Å². The van der Waals surface area contributed by atoms with Gasteiger partial charge in [-0.15, -0.1) is 0 Å². The van der Waals surface area contributed by atoms with Gasteiger partial charge in [-0.25, -0.2) is 0 Å². The van der Waals surface area contributed by atoms with E-state index >= 15 is 0 Å². The molecule has 92 valence electrons. The lowest BCUT2D eigenvalue weighted by atomic mass is 10.0. The topological polar surface area (TPSA) is 50.4 Å². The van der Waals surface area contributed by atoms with Crippen molar-refractivity contribution in [3.05, 3.63) is 29.8 Å². The molecule has 0 saturated carbocycles. The van der Waals surface area contributed by atoms with Crippen molar-refractivity contribution in [1.29, 1.82) is 0 Å². The van der Waals surface area contributed by atoms with Crippen molar-refractivity contribution in [2.45, 2.75) is 13.0 Å². The molecule has 2 N–H and O–H groups in total. The highest BCUT2D eigenvalue weighted by Gasteiger charge is 2.25. The lowest BCUT2D eigenvalue weighted by molar-refractivity contribution is -0.127. The van der Waals surface area contributed by atoms with Gasteiger partial charge in [-0.3, -0.25) is 4.79 Å². The third-order valence-corrected chi connectivity index (χ3v) is 3.10. The first-order valence-corrected chi connectivity index (χ1v) is 5.85. The number of rotatable bonds is 4. The highest BCUT2D eigenvalue weighted by Crippen LogP contribution is 2.19. The number of ether oxygens (including phenoxy) is 1. The van der Waals surface area contributed by atoms with E-state index in [1.54, 1.807) is 7.11 Å². The summed E-state index contributed by atoms with van der Waals surface area (Å²) in [6.45, 7) is 3.56. The summed E-state index contributed by atoms with van der Waals surface area (Å²) in [7, 11) is 1.64. The smallest absolute Gasteiger partial charge is 0.226 e. The predicted molar refractivity (Wildman–Crippen MR) is 65.9 cm³/mol. The Bertz CT molecular complexity index is 402. The van der Waals surface area contributed by atoms with Crippen molar-refractivity contribution in [2.24, 2.45) is 5.92 Å². The first kappa shape index (κ1) is 11.9.